The molecule has 150 valence electrons. The van der Waals surface area contributed by atoms with Crippen molar-refractivity contribution < 1.29 is 13.2 Å². The smallest absolute Gasteiger partial charge is 0.160 e. The average Bonchev–Trinajstić information content (AvgIpc) is 2.71. The van der Waals surface area contributed by atoms with Gasteiger partial charge in [0.1, 0.15) is 23.3 Å². The summed E-state index contributed by atoms with van der Waals surface area (Å²) in [5.74, 6) is -0.202. The van der Waals surface area contributed by atoms with Gasteiger partial charge in [0.2, 0.25) is 0 Å². The Kier molecular flexibility index (Phi) is 5.24. The van der Waals surface area contributed by atoms with Crippen LogP contribution in [-0.4, -0.2) is 36.1 Å². The zero-order valence-electron chi connectivity index (χ0n) is 15.9. The molecule has 0 atom stereocenters. The molecule has 4 rings (SSSR count). The van der Waals surface area contributed by atoms with E-state index in [2.05, 4.69) is 25.1 Å². The number of nitrogens with one attached hydrogen (secondary N) is 1. The van der Waals surface area contributed by atoms with Crippen LogP contribution in [-0.2, 0) is 0 Å². The van der Waals surface area contributed by atoms with Crippen molar-refractivity contribution in [3.8, 4) is 0 Å². The molecule has 2 aromatic carbocycles. The minimum absolute atomic E-state index is 0.245. The van der Waals surface area contributed by atoms with Gasteiger partial charge in [-0.2, -0.15) is 0 Å². The lowest BCUT2D eigenvalue weighted by Gasteiger charge is -2.36. The molecule has 1 aliphatic heterocycles. The van der Waals surface area contributed by atoms with Gasteiger partial charge in [-0.15, -0.1) is 0 Å². The Hall–Kier alpha value is -3.29. The monoisotopic (exact) mass is 399 g/mol. The third kappa shape index (κ3) is 4.42. The second-order valence-corrected chi connectivity index (χ2v) is 6.86. The molecule has 8 heteroatoms. The van der Waals surface area contributed by atoms with E-state index in [1.807, 2.05) is 0 Å². The number of piperazine rings is 1. The lowest BCUT2D eigenvalue weighted by Crippen LogP contribution is -2.46. The number of rotatable bonds is 4. The fourth-order valence-corrected chi connectivity index (χ4v) is 3.35. The van der Waals surface area contributed by atoms with Crippen molar-refractivity contribution in [2.24, 2.45) is 0 Å². The molecule has 0 bridgehead atoms. The number of benzene rings is 2. The molecule has 0 amide bonds. The van der Waals surface area contributed by atoms with Gasteiger partial charge in [-0.25, -0.2) is 23.1 Å². The summed E-state index contributed by atoms with van der Waals surface area (Å²) in [4.78, 5) is 13.2. The molecule has 29 heavy (non-hydrogen) atoms. The van der Waals surface area contributed by atoms with Gasteiger partial charge in [0.05, 0.1) is 0 Å². The summed E-state index contributed by atoms with van der Waals surface area (Å²) in [6, 6.07) is 11.9. The van der Waals surface area contributed by atoms with Crippen molar-refractivity contribution in [2.75, 3.05) is 41.3 Å². The average molecular weight is 399 g/mol. The van der Waals surface area contributed by atoms with E-state index in [1.54, 1.807) is 25.1 Å². The zero-order valence-corrected chi connectivity index (χ0v) is 15.9. The Morgan fingerprint density at radius 2 is 1.48 bits per heavy atom. The van der Waals surface area contributed by atoms with Crippen LogP contribution in [0.1, 0.15) is 5.82 Å². The third-order valence-electron chi connectivity index (χ3n) is 4.81. The Morgan fingerprint density at radius 1 is 0.793 bits per heavy atom. The van der Waals surface area contributed by atoms with Gasteiger partial charge in [-0.3, -0.25) is 0 Å². The summed E-state index contributed by atoms with van der Waals surface area (Å²) < 4.78 is 39.7. The van der Waals surface area contributed by atoms with Crippen LogP contribution in [0, 0.1) is 24.4 Å². The van der Waals surface area contributed by atoms with E-state index in [1.165, 1.54) is 18.2 Å². The predicted octanol–water partition coefficient (Wildman–Crippen LogP) is 4.27. The van der Waals surface area contributed by atoms with E-state index in [9.17, 15) is 13.2 Å². The highest BCUT2D eigenvalue weighted by molar-refractivity contribution is 5.60. The van der Waals surface area contributed by atoms with Gasteiger partial charge in [-0.05, 0) is 43.3 Å². The van der Waals surface area contributed by atoms with Crippen LogP contribution in [0.2, 0.25) is 0 Å². The Bertz CT molecular complexity index is 1000. The summed E-state index contributed by atoms with van der Waals surface area (Å²) in [6.45, 7) is 4.84. The van der Waals surface area contributed by atoms with Gasteiger partial charge in [0.25, 0.3) is 0 Å². The summed E-state index contributed by atoms with van der Waals surface area (Å²) in [7, 11) is 0. The lowest BCUT2D eigenvalue weighted by atomic mass is 10.2. The van der Waals surface area contributed by atoms with E-state index >= 15 is 0 Å². The van der Waals surface area contributed by atoms with Crippen molar-refractivity contribution in [3.05, 3.63) is 71.8 Å². The van der Waals surface area contributed by atoms with Gasteiger partial charge in [0, 0.05) is 49.7 Å². The standard InChI is InChI=1S/C21H20F3N5/c1-14-25-20(27-16-4-7-18(23)19(24)12-16)13-21(26-14)29-10-8-28(9-11-29)17-5-2-15(22)3-6-17/h2-7,12-13H,8-11H2,1H3,(H,25,26,27). The van der Waals surface area contributed by atoms with Gasteiger partial charge >= 0.3 is 0 Å². The molecule has 0 aliphatic carbocycles. The number of aryl methyl sites for hydroxylation is 1. The Labute approximate surface area is 166 Å². The van der Waals surface area contributed by atoms with Gasteiger partial charge in [-0.1, -0.05) is 0 Å². The second kappa shape index (κ2) is 7.98. The topological polar surface area (TPSA) is 44.3 Å². The molecule has 0 radical (unpaired) electrons. The fraction of sp³-hybridized carbons (Fsp3) is 0.238. The molecule has 2 heterocycles. The predicted molar refractivity (Wildman–Crippen MR) is 107 cm³/mol. The van der Waals surface area contributed by atoms with Crippen LogP contribution in [0.25, 0.3) is 0 Å². The molecule has 1 aliphatic rings. The summed E-state index contributed by atoms with van der Waals surface area (Å²) >= 11 is 0. The van der Waals surface area contributed by atoms with Gasteiger partial charge < -0.3 is 15.1 Å². The second-order valence-electron chi connectivity index (χ2n) is 6.86. The Morgan fingerprint density at radius 3 is 2.17 bits per heavy atom. The molecule has 1 saturated heterocycles. The number of aromatic nitrogens is 2. The number of hydrogen-bond acceptors (Lipinski definition) is 5. The Balaban J connectivity index is 1.46. The summed E-state index contributed by atoms with van der Waals surface area (Å²) in [5.41, 5.74) is 1.40. The van der Waals surface area contributed by atoms with E-state index < -0.39 is 11.6 Å². The van der Waals surface area contributed by atoms with E-state index in [0.29, 0.717) is 17.3 Å². The highest BCUT2D eigenvalue weighted by Gasteiger charge is 2.19. The number of nitrogens with zero attached hydrogens (tertiary/aromatic N) is 4. The first kappa shape index (κ1) is 19.0. The maximum absolute atomic E-state index is 13.4. The molecule has 1 N–H and O–H groups in total. The minimum Gasteiger partial charge on any atom is -0.368 e. The van der Waals surface area contributed by atoms with Gasteiger partial charge in [0.15, 0.2) is 11.6 Å². The molecule has 1 aromatic heterocycles. The molecular weight excluding hydrogens is 379 g/mol. The maximum atomic E-state index is 13.4. The van der Waals surface area contributed by atoms with Crippen molar-refractivity contribution in [1.29, 1.82) is 0 Å². The van der Waals surface area contributed by atoms with Crippen LogP contribution in [0.5, 0.6) is 0 Å². The van der Waals surface area contributed by atoms with Crippen molar-refractivity contribution in [3.63, 3.8) is 0 Å². The summed E-state index contributed by atoms with van der Waals surface area (Å²) in [5, 5.41) is 3.00. The first-order valence-electron chi connectivity index (χ1n) is 9.31. The molecule has 5 nitrogen and oxygen atoms in total. The molecule has 3 aromatic rings. The lowest BCUT2D eigenvalue weighted by molar-refractivity contribution is 0.509. The quantitative estimate of drug-likeness (QED) is 0.710. The van der Waals surface area contributed by atoms with Crippen molar-refractivity contribution >= 4 is 23.0 Å². The van der Waals surface area contributed by atoms with Crippen molar-refractivity contribution in [1.82, 2.24) is 9.97 Å². The maximum Gasteiger partial charge on any atom is 0.160 e. The van der Waals surface area contributed by atoms with E-state index in [0.717, 1.165) is 49.8 Å². The van der Waals surface area contributed by atoms with Crippen LogP contribution >= 0.6 is 0 Å². The van der Waals surface area contributed by atoms with Crippen molar-refractivity contribution in [2.45, 2.75) is 6.92 Å². The molecule has 0 unspecified atom stereocenters. The molecule has 1 fully saturated rings. The molecule has 0 saturated carbocycles. The first-order chi connectivity index (χ1) is 14.0. The largest absolute Gasteiger partial charge is 0.368 e. The van der Waals surface area contributed by atoms with E-state index in [4.69, 9.17) is 0 Å². The SMILES string of the molecule is Cc1nc(Nc2ccc(F)c(F)c2)cc(N2CCN(c3ccc(F)cc3)CC2)n1. The van der Waals surface area contributed by atoms with Crippen LogP contribution in [0.3, 0.4) is 0 Å². The first-order valence-corrected chi connectivity index (χ1v) is 9.31. The minimum atomic E-state index is -0.919. The fourth-order valence-electron chi connectivity index (χ4n) is 3.35. The normalized spacial score (nSPS) is 14.2. The number of hydrogen-bond donors (Lipinski definition) is 1. The van der Waals surface area contributed by atoms with Crippen LogP contribution in [0.15, 0.2) is 48.5 Å². The highest BCUT2D eigenvalue weighted by atomic mass is 19.2. The third-order valence-corrected chi connectivity index (χ3v) is 4.81. The molecular formula is C21H20F3N5. The molecule has 0 spiro atoms. The number of halogens is 3. The van der Waals surface area contributed by atoms with Crippen LogP contribution in [0.4, 0.5) is 36.2 Å². The summed E-state index contributed by atoms with van der Waals surface area (Å²) in [6.07, 6.45) is 0. The number of anilines is 4. The van der Waals surface area contributed by atoms with E-state index in [-0.39, 0.29) is 5.82 Å². The zero-order chi connectivity index (χ0) is 20.4. The highest BCUT2D eigenvalue weighted by Crippen LogP contribution is 2.23. The van der Waals surface area contributed by atoms with Crippen LogP contribution < -0.4 is 15.1 Å².